The van der Waals surface area contributed by atoms with Crippen molar-refractivity contribution in [3.05, 3.63) is 59.4 Å². The van der Waals surface area contributed by atoms with Crippen molar-refractivity contribution in [2.24, 2.45) is 0 Å². The fourth-order valence-electron chi connectivity index (χ4n) is 1.99. The minimum absolute atomic E-state index is 0.768. The molecule has 0 aliphatic heterocycles. The number of rotatable bonds is 4. The van der Waals surface area contributed by atoms with Gasteiger partial charge in [0.15, 0.2) is 0 Å². The molecule has 0 radical (unpaired) electrons. The molecule has 94 valence electrons. The molecule has 0 atom stereocenters. The Labute approximate surface area is 108 Å². The molecule has 1 heterocycles. The zero-order chi connectivity index (χ0) is 13.0. The summed E-state index contributed by atoms with van der Waals surface area (Å²) in [5.41, 5.74) is 10.2. The Morgan fingerprint density at radius 2 is 1.94 bits per heavy atom. The van der Waals surface area contributed by atoms with Gasteiger partial charge in [-0.2, -0.15) is 0 Å². The number of aromatic nitrogens is 1. The first kappa shape index (κ1) is 12.6. The molecule has 0 unspecified atom stereocenters. The van der Waals surface area contributed by atoms with E-state index in [0.29, 0.717) is 0 Å². The molecule has 2 N–H and O–H groups in total. The molecule has 18 heavy (non-hydrogen) atoms. The van der Waals surface area contributed by atoms with E-state index in [4.69, 9.17) is 5.73 Å². The second-order valence-electron chi connectivity index (χ2n) is 4.68. The van der Waals surface area contributed by atoms with Crippen molar-refractivity contribution >= 4 is 5.69 Å². The third-order valence-corrected chi connectivity index (χ3v) is 2.97. The van der Waals surface area contributed by atoms with E-state index in [1.54, 1.807) is 6.20 Å². The second-order valence-corrected chi connectivity index (χ2v) is 4.68. The van der Waals surface area contributed by atoms with E-state index in [9.17, 15) is 0 Å². The van der Waals surface area contributed by atoms with Gasteiger partial charge in [0.05, 0.1) is 5.69 Å². The number of hydrogen-bond donors (Lipinski definition) is 1. The van der Waals surface area contributed by atoms with E-state index in [1.807, 2.05) is 12.1 Å². The molecule has 0 saturated heterocycles. The Kier molecular flexibility index (Phi) is 3.95. The molecule has 3 nitrogen and oxygen atoms in total. The molecule has 0 amide bonds. The van der Waals surface area contributed by atoms with Gasteiger partial charge in [-0.15, -0.1) is 0 Å². The monoisotopic (exact) mass is 241 g/mol. The van der Waals surface area contributed by atoms with Crippen molar-refractivity contribution in [2.75, 3.05) is 12.8 Å². The average molecular weight is 241 g/mol. The maximum Gasteiger partial charge on any atom is 0.0564 e. The fourth-order valence-corrected chi connectivity index (χ4v) is 1.99. The minimum Gasteiger partial charge on any atom is -0.399 e. The van der Waals surface area contributed by atoms with Crippen molar-refractivity contribution in [2.45, 2.75) is 20.0 Å². The molecule has 2 aromatic rings. The summed E-state index contributed by atoms with van der Waals surface area (Å²) in [5.74, 6) is 0. The molecule has 0 spiro atoms. The van der Waals surface area contributed by atoms with Crippen LogP contribution in [0.1, 0.15) is 16.8 Å². The minimum atomic E-state index is 0.768. The molecule has 0 aliphatic carbocycles. The summed E-state index contributed by atoms with van der Waals surface area (Å²) in [5, 5.41) is 0. The van der Waals surface area contributed by atoms with Crippen molar-refractivity contribution < 1.29 is 0 Å². The SMILES string of the molecule is Cc1ccccc1CN(C)Cc1cc(N)ccn1. The van der Waals surface area contributed by atoms with Crippen LogP contribution in [0.5, 0.6) is 0 Å². The topological polar surface area (TPSA) is 42.1 Å². The Bertz CT molecular complexity index is 523. The maximum absolute atomic E-state index is 5.75. The molecule has 0 fully saturated rings. The Hall–Kier alpha value is -1.87. The molecule has 1 aromatic heterocycles. The van der Waals surface area contributed by atoms with Crippen molar-refractivity contribution in [3.63, 3.8) is 0 Å². The van der Waals surface area contributed by atoms with Crippen LogP contribution in [0.4, 0.5) is 5.69 Å². The number of aryl methyl sites for hydroxylation is 1. The standard InChI is InChI=1S/C15H19N3/c1-12-5-3-4-6-13(12)10-18(2)11-15-9-14(16)7-8-17-15/h3-9H,10-11H2,1-2H3,(H2,16,17). The summed E-state index contributed by atoms with van der Waals surface area (Å²) in [7, 11) is 2.09. The van der Waals surface area contributed by atoms with E-state index in [1.165, 1.54) is 11.1 Å². The highest BCUT2D eigenvalue weighted by Gasteiger charge is 2.04. The van der Waals surface area contributed by atoms with Gasteiger partial charge < -0.3 is 5.73 Å². The largest absolute Gasteiger partial charge is 0.399 e. The molecular formula is C15H19N3. The zero-order valence-electron chi connectivity index (χ0n) is 10.9. The van der Waals surface area contributed by atoms with E-state index in [2.05, 4.69) is 48.1 Å². The predicted octanol–water partition coefficient (Wildman–Crippen LogP) is 2.60. The first-order chi connectivity index (χ1) is 8.65. The average Bonchev–Trinajstić information content (AvgIpc) is 2.32. The van der Waals surface area contributed by atoms with Gasteiger partial charge in [0, 0.05) is 25.0 Å². The van der Waals surface area contributed by atoms with Gasteiger partial charge in [-0.05, 0) is 37.2 Å². The van der Waals surface area contributed by atoms with Crippen LogP contribution in [0.3, 0.4) is 0 Å². The van der Waals surface area contributed by atoms with Gasteiger partial charge in [0.2, 0.25) is 0 Å². The van der Waals surface area contributed by atoms with Crippen LogP contribution in [0.2, 0.25) is 0 Å². The summed E-state index contributed by atoms with van der Waals surface area (Å²) in [6.07, 6.45) is 1.76. The molecule has 2 rings (SSSR count). The number of nitrogen functional groups attached to an aromatic ring is 1. The van der Waals surface area contributed by atoms with Crippen LogP contribution in [0.25, 0.3) is 0 Å². The number of hydrogen-bond acceptors (Lipinski definition) is 3. The van der Waals surface area contributed by atoms with Crippen molar-refractivity contribution in [3.8, 4) is 0 Å². The van der Waals surface area contributed by atoms with E-state index < -0.39 is 0 Å². The zero-order valence-corrected chi connectivity index (χ0v) is 10.9. The summed E-state index contributed by atoms with van der Waals surface area (Å²) in [4.78, 5) is 6.56. The Morgan fingerprint density at radius 3 is 2.67 bits per heavy atom. The van der Waals surface area contributed by atoms with Crippen molar-refractivity contribution in [1.82, 2.24) is 9.88 Å². The fraction of sp³-hybridized carbons (Fsp3) is 0.267. The predicted molar refractivity (Wildman–Crippen MR) is 75.0 cm³/mol. The number of nitrogens with zero attached hydrogens (tertiary/aromatic N) is 2. The van der Waals surface area contributed by atoms with Gasteiger partial charge >= 0.3 is 0 Å². The third-order valence-electron chi connectivity index (χ3n) is 2.97. The van der Waals surface area contributed by atoms with Crippen LogP contribution < -0.4 is 5.73 Å². The summed E-state index contributed by atoms with van der Waals surface area (Å²) in [6, 6.07) is 12.2. The maximum atomic E-state index is 5.75. The Balaban J connectivity index is 2.01. The van der Waals surface area contributed by atoms with E-state index in [-0.39, 0.29) is 0 Å². The van der Waals surface area contributed by atoms with Gasteiger partial charge in [-0.1, -0.05) is 24.3 Å². The highest BCUT2D eigenvalue weighted by atomic mass is 15.1. The molecule has 0 bridgehead atoms. The van der Waals surface area contributed by atoms with Crippen LogP contribution in [0, 0.1) is 6.92 Å². The molecular weight excluding hydrogens is 222 g/mol. The lowest BCUT2D eigenvalue weighted by molar-refractivity contribution is 0.314. The number of benzene rings is 1. The molecule has 0 saturated carbocycles. The lowest BCUT2D eigenvalue weighted by Crippen LogP contribution is -2.18. The Morgan fingerprint density at radius 1 is 1.17 bits per heavy atom. The van der Waals surface area contributed by atoms with E-state index >= 15 is 0 Å². The van der Waals surface area contributed by atoms with Crippen LogP contribution in [-0.2, 0) is 13.1 Å². The summed E-state index contributed by atoms with van der Waals surface area (Å²) < 4.78 is 0. The first-order valence-corrected chi connectivity index (χ1v) is 6.08. The first-order valence-electron chi connectivity index (χ1n) is 6.08. The second kappa shape index (κ2) is 5.65. The highest BCUT2D eigenvalue weighted by molar-refractivity contribution is 5.37. The highest BCUT2D eigenvalue weighted by Crippen LogP contribution is 2.12. The lowest BCUT2D eigenvalue weighted by atomic mass is 10.1. The molecule has 1 aromatic carbocycles. The van der Waals surface area contributed by atoms with Gasteiger partial charge in [0.1, 0.15) is 0 Å². The number of pyridine rings is 1. The lowest BCUT2D eigenvalue weighted by Gasteiger charge is -2.17. The normalized spacial score (nSPS) is 10.8. The van der Waals surface area contributed by atoms with Crippen molar-refractivity contribution in [1.29, 1.82) is 0 Å². The van der Waals surface area contributed by atoms with Gasteiger partial charge in [0.25, 0.3) is 0 Å². The van der Waals surface area contributed by atoms with Crippen LogP contribution in [-0.4, -0.2) is 16.9 Å². The van der Waals surface area contributed by atoms with Gasteiger partial charge in [-0.3, -0.25) is 9.88 Å². The van der Waals surface area contributed by atoms with Crippen LogP contribution >= 0.6 is 0 Å². The quantitative estimate of drug-likeness (QED) is 0.894. The smallest absolute Gasteiger partial charge is 0.0564 e. The summed E-state index contributed by atoms with van der Waals surface area (Å²) in [6.45, 7) is 3.87. The molecule has 0 aliphatic rings. The third kappa shape index (κ3) is 3.31. The van der Waals surface area contributed by atoms with E-state index in [0.717, 1.165) is 24.5 Å². The summed E-state index contributed by atoms with van der Waals surface area (Å²) >= 11 is 0. The molecule has 3 heteroatoms. The number of nitrogens with two attached hydrogens (primary N) is 1. The van der Waals surface area contributed by atoms with Crippen LogP contribution in [0.15, 0.2) is 42.6 Å². The van der Waals surface area contributed by atoms with Gasteiger partial charge in [-0.25, -0.2) is 0 Å². The number of anilines is 1.